The van der Waals surface area contributed by atoms with Crippen molar-refractivity contribution in [3.63, 3.8) is 0 Å². The van der Waals surface area contributed by atoms with Gasteiger partial charge in [-0.25, -0.2) is 0 Å². The molecule has 1 fully saturated rings. The summed E-state index contributed by atoms with van der Waals surface area (Å²) in [4.78, 5) is 11.6. The Labute approximate surface area is 109 Å². The first-order valence-corrected chi connectivity index (χ1v) is 6.61. The van der Waals surface area contributed by atoms with Crippen LogP contribution in [0.25, 0.3) is 0 Å². The third-order valence-corrected chi connectivity index (χ3v) is 3.45. The molecule has 0 atom stereocenters. The molecule has 86 valence electrons. The molecule has 0 unspecified atom stereocenters. The number of benzene rings is 1. The van der Waals surface area contributed by atoms with E-state index in [4.69, 9.17) is 0 Å². The third-order valence-electron chi connectivity index (χ3n) is 2.51. The molecular formula is C12H15IN2O. The van der Waals surface area contributed by atoms with Gasteiger partial charge in [0.15, 0.2) is 0 Å². The molecule has 0 aliphatic heterocycles. The lowest BCUT2D eigenvalue weighted by atomic mass is 10.3. The molecule has 3 nitrogen and oxygen atoms in total. The number of carbonyl (C=O) groups is 1. The van der Waals surface area contributed by atoms with Crippen LogP contribution < -0.4 is 10.6 Å². The molecule has 1 saturated carbocycles. The summed E-state index contributed by atoms with van der Waals surface area (Å²) in [7, 11) is 0. The van der Waals surface area contributed by atoms with E-state index in [0.29, 0.717) is 12.5 Å². The quantitative estimate of drug-likeness (QED) is 0.814. The molecule has 0 saturated heterocycles. The smallest absolute Gasteiger partial charge is 0.225 e. The highest BCUT2D eigenvalue weighted by atomic mass is 127. The zero-order valence-electron chi connectivity index (χ0n) is 9.00. The van der Waals surface area contributed by atoms with Crippen LogP contribution in [0.15, 0.2) is 24.3 Å². The van der Waals surface area contributed by atoms with Gasteiger partial charge in [-0.05, 0) is 47.6 Å². The highest BCUT2D eigenvalue weighted by molar-refractivity contribution is 14.1. The summed E-state index contributed by atoms with van der Waals surface area (Å²) < 4.78 is 1.07. The average molecular weight is 330 g/mol. The molecule has 0 aromatic heterocycles. The Morgan fingerprint density at radius 3 is 2.81 bits per heavy atom. The molecule has 1 aromatic carbocycles. The topological polar surface area (TPSA) is 41.1 Å². The summed E-state index contributed by atoms with van der Waals surface area (Å²) in [6, 6.07) is 8.48. The first-order chi connectivity index (χ1) is 7.75. The minimum Gasteiger partial charge on any atom is -0.325 e. The summed E-state index contributed by atoms with van der Waals surface area (Å²) in [6.07, 6.45) is 3.07. The van der Waals surface area contributed by atoms with Crippen LogP contribution in [0.5, 0.6) is 0 Å². The molecule has 1 aliphatic carbocycles. The predicted molar refractivity (Wildman–Crippen MR) is 73.4 cm³/mol. The summed E-state index contributed by atoms with van der Waals surface area (Å²) in [5.74, 6) is 0.0808. The maximum atomic E-state index is 11.6. The van der Waals surface area contributed by atoms with E-state index in [2.05, 4.69) is 33.2 Å². The molecule has 2 N–H and O–H groups in total. The van der Waals surface area contributed by atoms with E-state index < -0.39 is 0 Å². The van der Waals surface area contributed by atoms with Gasteiger partial charge in [-0.3, -0.25) is 4.79 Å². The maximum absolute atomic E-state index is 11.6. The Morgan fingerprint density at radius 1 is 1.38 bits per heavy atom. The molecule has 4 heteroatoms. The van der Waals surface area contributed by atoms with Crippen molar-refractivity contribution in [2.75, 3.05) is 11.9 Å². The number of hydrogen-bond acceptors (Lipinski definition) is 2. The zero-order chi connectivity index (χ0) is 11.4. The first-order valence-electron chi connectivity index (χ1n) is 5.53. The lowest BCUT2D eigenvalue weighted by molar-refractivity contribution is -0.116. The van der Waals surface area contributed by atoms with Gasteiger partial charge < -0.3 is 10.6 Å². The van der Waals surface area contributed by atoms with E-state index in [1.165, 1.54) is 12.8 Å². The van der Waals surface area contributed by atoms with Gasteiger partial charge in [-0.2, -0.15) is 0 Å². The summed E-state index contributed by atoms with van der Waals surface area (Å²) >= 11 is 2.22. The average Bonchev–Trinajstić information content (AvgIpc) is 3.05. The number of hydrogen-bond donors (Lipinski definition) is 2. The van der Waals surface area contributed by atoms with Crippen molar-refractivity contribution in [2.45, 2.75) is 25.3 Å². The number of amides is 1. The third kappa shape index (κ3) is 3.75. The van der Waals surface area contributed by atoms with Gasteiger partial charge in [0, 0.05) is 22.6 Å². The first kappa shape index (κ1) is 11.9. The van der Waals surface area contributed by atoms with Gasteiger partial charge in [0.05, 0.1) is 5.69 Å². The molecule has 1 aliphatic rings. The summed E-state index contributed by atoms with van der Waals surface area (Å²) in [5, 5.41) is 6.24. The Morgan fingerprint density at radius 2 is 2.12 bits per heavy atom. The fourth-order valence-electron chi connectivity index (χ4n) is 1.45. The Hall–Kier alpha value is -0.620. The number of para-hydroxylation sites is 1. The minimum absolute atomic E-state index is 0.0808. The number of nitrogens with one attached hydrogen (secondary N) is 2. The monoisotopic (exact) mass is 330 g/mol. The summed E-state index contributed by atoms with van der Waals surface area (Å²) in [5.41, 5.74) is 0.902. The lowest BCUT2D eigenvalue weighted by Gasteiger charge is -2.07. The number of halogens is 1. The van der Waals surface area contributed by atoms with Crippen LogP contribution in [-0.4, -0.2) is 18.5 Å². The van der Waals surface area contributed by atoms with Gasteiger partial charge in [0.2, 0.25) is 5.91 Å². The number of rotatable bonds is 5. The second kappa shape index (κ2) is 5.63. The Kier molecular flexibility index (Phi) is 4.17. The van der Waals surface area contributed by atoms with E-state index >= 15 is 0 Å². The van der Waals surface area contributed by atoms with Crippen molar-refractivity contribution in [2.24, 2.45) is 0 Å². The van der Waals surface area contributed by atoms with E-state index in [9.17, 15) is 4.79 Å². The van der Waals surface area contributed by atoms with Crippen molar-refractivity contribution < 1.29 is 4.79 Å². The molecule has 0 bridgehead atoms. The fourth-order valence-corrected chi connectivity index (χ4v) is 1.97. The van der Waals surface area contributed by atoms with Crippen molar-refractivity contribution in [3.05, 3.63) is 27.8 Å². The Balaban J connectivity index is 1.75. The SMILES string of the molecule is O=C(CCNC1CC1)Nc1ccccc1I. The van der Waals surface area contributed by atoms with Crippen LogP contribution in [0, 0.1) is 3.57 Å². The van der Waals surface area contributed by atoms with Crippen LogP contribution in [0.1, 0.15) is 19.3 Å². The highest BCUT2D eigenvalue weighted by Crippen LogP contribution is 2.19. The Bertz CT molecular complexity index is 377. The van der Waals surface area contributed by atoms with E-state index in [-0.39, 0.29) is 5.91 Å². The number of anilines is 1. The summed E-state index contributed by atoms with van der Waals surface area (Å²) in [6.45, 7) is 0.778. The molecule has 1 amide bonds. The number of carbonyl (C=O) groups excluding carboxylic acids is 1. The lowest BCUT2D eigenvalue weighted by Crippen LogP contribution is -2.23. The molecule has 0 heterocycles. The van der Waals surface area contributed by atoms with Crippen LogP contribution >= 0.6 is 22.6 Å². The second-order valence-electron chi connectivity index (χ2n) is 4.01. The fraction of sp³-hybridized carbons (Fsp3) is 0.417. The van der Waals surface area contributed by atoms with Crippen LogP contribution in [-0.2, 0) is 4.79 Å². The maximum Gasteiger partial charge on any atom is 0.225 e. The van der Waals surface area contributed by atoms with Crippen LogP contribution in [0.2, 0.25) is 0 Å². The van der Waals surface area contributed by atoms with Crippen molar-refractivity contribution >= 4 is 34.2 Å². The van der Waals surface area contributed by atoms with Gasteiger partial charge in [0.25, 0.3) is 0 Å². The van der Waals surface area contributed by atoms with E-state index in [1.807, 2.05) is 24.3 Å². The predicted octanol–water partition coefficient (Wildman–Crippen LogP) is 2.37. The normalized spacial score (nSPS) is 14.8. The largest absolute Gasteiger partial charge is 0.325 e. The molecule has 0 spiro atoms. The standard InChI is InChI=1S/C12H15IN2O/c13-10-3-1-2-4-11(10)15-12(16)7-8-14-9-5-6-9/h1-4,9,14H,5-8H2,(H,15,16). The second-order valence-corrected chi connectivity index (χ2v) is 5.17. The van der Waals surface area contributed by atoms with Gasteiger partial charge in [0.1, 0.15) is 0 Å². The van der Waals surface area contributed by atoms with Gasteiger partial charge in [-0.1, -0.05) is 12.1 Å². The molecular weight excluding hydrogens is 315 g/mol. The van der Waals surface area contributed by atoms with Gasteiger partial charge >= 0.3 is 0 Å². The van der Waals surface area contributed by atoms with E-state index in [1.54, 1.807) is 0 Å². The van der Waals surface area contributed by atoms with E-state index in [0.717, 1.165) is 15.8 Å². The molecule has 1 aromatic rings. The molecule has 16 heavy (non-hydrogen) atoms. The van der Waals surface area contributed by atoms with Crippen LogP contribution in [0.4, 0.5) is 5.69 Å². The van der Waals surface area contributed by atoms with Gasteiger partial charge in [-0.15, -0.1) is 0 Å². The minimum atomic E-state index is 0.0808. The molecule has 2 rings (SSSR count). The molecule has 0 radical (unpaired) electrons. The van der Waals surface area contributed by atoms with Crippen molar-refractivity contribution in [3.8, 4) is 0 Å². The van der Waals surface area contributed by atoms with Crippen LogP contribution in [0.3, 0.4) is 0 Å². The highest BCUT2D eigenvalue weighted by Gasteiger charge is 2.20. The zero-order valence-corrected chi connectivity index (χ0v) is 11.2. The van der Waals surface area contributed by atoms with Crippen molar-refractivity contribution in [1.29, 1.82) is 0 Å². The van der Waals surface area contributed by atoms with Crippen molar-refractivity contribution in [1.82, 2.24) is 5.32 Å².